The van der Waals surface area contributed by atoms with Crippen LogP contribution in [0.25, 0.3) is 0 Å². The molecule has 2 heterocycles. The van der Waals surface area contributed by atoms with Crippen LogP contribution in [0, 0.1) is 19.7 Å². The molecule has 3 rings (SSSR count). The Morgan fingerprint density at radius 3 is 2.65 bits per heavy atom. The maximum absolute atomic E-state index is 14.0. The Bertz CT molecular complexity index is 976. The maximum atomic E-state index is 14.0. The number of rotatable bonds is 4. The van der Waals surface area contributed by atoms with Crippen LogP contribution in [0.2, 0.25) is 0 Å². The highest BCUT2D eigenvalue weighted by Crippen LogP contribution is 2.23. The molecule has 2 N–H and O–H groups in total. The van der Waals surface area contributed by atoms with Gasteiger partial charge in [-0.05, 0) is 48.0 Å². The normalized spacial score (nSPS) is 10.6. The van der Waals surface area contributed by atoms with E-state index in [1.165, 1.54) is 24.4 Å². The van der Waals surface area contributed by atoms with Gasteiger partial charge >= 0.3 is 0 Å². The number of amides is 1. The van der Waals surface area contributed by atoms with Gasteiger partial charge in [0.05, 0.1) is 5.56 Å². The molecule has 1 aromatic carbocycles. The van der Waals surface area contributed by atoms with E-state index in [1.54, 1.807) is 26.0 Å². The summed E-state index contributed by atoms with van der Waals surface area (Å²) in [6, 6.07) is 7.29. The highest BCUT2D eigenvalue weighted by atomic mass is 79.9. The van der Waals surface area contributed by atoms with Crippen molar-refractivity contribution in [1.29, 1.82) is 0 Å². The molecule has 0 radical (unpaired) electrons. The molecule has 0 bridgehead atoms. The number of ketones is 1. The molecule has 0 fully saturated rings. The first-order valence-electron chi connectivity index (χ1n) is 7.66. The van der Waals surface area contributed by atoms with E-state index in [2.05, 4.69) is 36.2 Å². The van der Waals surface area contributed by atoms with E-state index in [1.807, 2.05) is 0 Å². The number of nitrogens with one attached hydrogen (secondary N) is 2. The van der Waals surface area contributed by atoms with Crippen LogP contribution < -0.4 is 5.32 Å². The number of H-pyrrole nitrogens is 1. The lowest BCUT2D eigenvalue weighted by atomic mass is 10.1. The van der Waals surface area contributed by atoms with E-state index in [9.17, 15) is 14.0 Å². The number of halogens is 2. The molecule has 0 spiro atoms. The average molecular weight is 417 g/mol. The molecular formula is C18H14BrFN4O2. The van der Waals surface area contributed by atoms with Gasteiger partial charge in [0.1, 0.15) is 23.2 Å². The lowest BCUT2D eigenvalue weighted by Crippen LogP contribution is -2.14. The fraction of sp³-hybridized carbons (Fsp3) is 0.111. The summed E-state index contributed by atoms with van der Waals surface area (Å²) < 4.78 is 14.3. The Balaban J connectivity index is 1.83. The number of nitrogens with zero attached hydrogens (tertiary/aromatic N) is 2. The van der Waals surface area contributed by atoms with Crippen LogP contribution in [0.3, 0.4) is 0 Å². The molecule has 0 atom stereocenters. The third kappa shape index (κ3) is 3.70. The van der Waals surface area contributed by atoms with E-state index in [4.69, 9.17) is 0 Å². The van der Waals surface area contributed by atoms with E-state index >= 15 is 0 Å². The van der Waals surface area contributed by atoms with Crippen molar-refractivity contribution in [2.24, 2.45) is 0 Å². The lowest BCUT2D eigenvalue weighted by molar-refractivity contribution is 0.102. The predicted octanol–water partition coefficient (Wildman–Crippen LogP) is 3.81. The lowest BCUT2D eigenvalue weighted by Gasteiger charge is -2.05. The van der Waals surface area contributed by atoms with Crippen LogP contribution in [0.1, 0.15) is 37.9 Å². The number of hydrogen-bond donors (Lipinski definition) is 2. The molecule has 0 unspecified atom stereocenters. The smallest absolute Gasteiger partial charge is 0.273 e. The molecule has 0 saturated carbocycles. The van der Waals surface area contributed by atoms with Gasteiger partial charge < -0.3 is 10.3 Å². The Hall–Kier alpha value is -2.87. The molecule has 8 heteroatoms. The number of anilines is 1. The number of aromatic amines is 1. The predicted molar refractivity (Wildman–Crippen MR) is 97.8 cm³/mol. The Labute approximate surface area is 157 Å². The monoisotopic (exact) mass is 416 g/mol. The van der Waals surface area contributed by atoms with E-state index in [-0.39, 0.29) is 16.8 Å². The first kappa shape index (κ1) is 17.9. The quantitative estimate of drug-likeness (QED) is 0.632. The Morgan fingerprint density at radius 2 is 1.96 bits per heavy atom. The Kier molecular flexibility index (Phi) is 4.94. The largest absolute Gasteiger partial charge is 0.356 e. The zero-order valence-electron chi connectivity index (χ0n) is 13.9. The van der Waals surface area contributed by atoms with E-state index < -0.39 is 17.5 Å². The van der Waals surface area contributed by atoms with Gasteiger partial charge in [0, 0.05) is 28.0 Å². The second-order valence-electron chi connectivity index (χ2n) is 5.62. The van der Waals surface area contributed by atoms with Crippen molar-refractivity contribution < 1.29 is 14.0 Å². The summed E-state index contributed by atoms with van der Waals surface area (Å²) in [6.45, 7) is 3.52. The summed E-state index contributed by atoms with van der Waals surface area (Å²) in [5.74, 6) is -0.733. The minimum Gasteiger partial charge on any atom is -0.356 e. The van der Waals surface area contributed by atoms with E-state index in [0.29, 0.717) is 16.1 Å². The summed E-state index contributed by atoms with van der Waals surface area (Å²) >= 11 is 3.17. The van der Waals surface area contributed by atoms with Gasteiger partial charge in [0.25, 0.3) is 5.91 Å². The van der Waals surface area contributed by atoms with Crippen LogP contribution in [-0.2, 0) is 0 Å². The molecule has 0 aliphatic heterocycles. The first-order valence-corrected chi connectivity index (χ1v) is 8.45. The number of aryl methyl sites for hydroxylation is 2. The highest BCUT2D eigenvalue weighted by molar-refractivity contribution is 9.10. The zero-order chi connectivity index (χ0) is 18.8. The van der Waals surface area contributed by atoms with Crippen LogP contribution in [-0.4, -0.2) is 26.6 Å². The fourth-order valence-electron chi connectivity index (χ4n) is 2.48. The molecule has 0 aliphatic carbocycles. The molecule has 2 aromatic heterocycles. The van der Waals surface area contributed by atoms with Crippen LogP contribution in [0.4, 0.5) is 10.2 Å². The molecule has 1 amide bonds. The van der Waals surface area contributed by atoms with Gasteiger partial charge in [-0.3, -0.25) is 9.59 Å². The SMILES string of the molecule is Cc1cc(NC(=O)c2cc(C(=O)c3c(F)cccc3Br)c[nH]2)nc(C)n1. The van der Waals surface area contributed by atoms with Gasteiger partial charge in [-0.25, -0.2) is 14.4 Å². The molecule has 3 aromatic rings. The van der Waals surface area contributed by atoms with Gasteiger partial charge in [-0.1, -0.05) is 6.07 Å². The fourth-order valence-corrected chi connectivity index (χ4v) is 3.00. The van der Waals surface area contributed by atoms with Crippen LogP contribution >= 0.6 is 15.9 Å². The highest BCUT2D eigenvalue weighted by Gasteiger charge is 2.20. The van der Waals surface area contributed by atoms with Gasteiger partial charge in [0.15, 0.2) is 5.78 Å². The van der Waals surface area contributed by atoms with Crippen molar-refractivity contribution in [2.45, 2.75) is 13.8 Å². The molecular weight excluding hydrogens is 403 g/mol. The number of benzene rings is 1. The molecule has 26 heavy (non-hydrogen) atoms. The minimum atomic E-state index is -0.636. The van der Waals surface area contributed by atoms with Gasteiger partial charge in [0.2, 0.25) is 0 Å². The van der Waals surface area contributed by atoms with Gasteiger partial charge in [-0.2, -0.15) is 0 Å². The molecule has 0 aliphatic rings. The van der Waals surface area contributed by atoms with E-state index in [0.717, 1.165) is 5.69 Å². The van der Waals surface area contributed by atoms with Crippen LogP contribution in [0.15, 0.2) is 41.0 Å². The molecule has 0 saturated heterocycles. The average Bonchev–Trinajstić information content (AvgIpc) is 3.03. The standard InChI is InChI=1S/C18H14BrFN4O2/c1-9-6-15(23-10(2)22-9)24-18(26)14-7-11(8-21-14)17(25)16-12(19)4-3-5-13(16)20/h3-8,21H,1-2H3,(H,22,23,24,26). The van der Waals surface area contributed by atoms with Crippen molar-refractivity contribution in [3.63, 3.8) is 0 Å². The first-order chi connectivity index (χ1) is 12.3. The molecule has 6 nitrogen and oxygen atoms in total. The topological polar surface area (TPSA) is 87.7 Å². The third-order valence-electron chi connectivity index (χ3n) is 3.59. The summed E-state index contributed by atoms with van der Waals surface area (Å²) in [6.07, 6.45) is 1.37. The van der Waals surface area contributed by atoms with Gasteiger partial charge in [-0.15, -0.1) is 0 Å². The van der Waals surface area contributed by atoms with Crippen molar-refractivity contribution >= 4 is 33.4 Å². The summed E-state index contributed by atoms with van der Waals surface area (Å²) in [5, 5.41) is 2.64. The summed E-state index contributed by atoms with van der Waals surface area (Å²) in [5.41, 5.74) is 0.978. The van der Waals surface area contributed by atoms with Crippen molar-refractivity contribution in [1.82, 2.24) is 15.0 Å². The number of carbonyl (C=O) groups is 2. The number of hydrogen-bond acceptors (Lipinski definition) is 4. The summed E-state index contributed by atoms with van der Waals surface area (Å²) in [7, 11) is 0. The Morgan fingerprint density at radius 1 is 1.19 bits per heavy atom. The molecule has 132 valence electrons. The summed E-state index contributed by atoms with van der Waals surface area (Å²) in [4.78, 5) is 35.9. The maximum Gasteiger partial charge on any atom is 0.273 e. The van der Waals surface area contributed by atoms with Crippen molar-refractivity contribution in [2.75, 3.05) is 5.32 Å². The number of aromatic nitrogens is 3. The van der Waals surface area contributed by atoms with Crippen LogP contribution in [0.5, 0.6) is 0 Å². The van der Waals surface area contributed by atoms with Crippen molar-refractivity contribution in [3.8, 4) is 0 Å². The second kappa shape index (κ2) is 7.17. The second-order valence-corrected chi connectivity index (χ2v) is 6.48. The van der Waals surface area contributed by atoms with Crippen molar-refractivity contribution in [3.05, 3.63) is 75.2 Å². The minimum absolute atomic E-state index is 0.0829. The zero-order valence-corrected chi connectivity index (χ0v) is 15.5. The third-order valence-corrected chi connectivity index (χ3v) is 4.25. The number of carbonyl (C=O) groups excluding carboxylic acids is 2.